The number of hydrogen-bond acceptors (Lipinski definition) is 6. The van der Waals surface area contributed by atoms with Gasteiger partial charge in [0.1, 0.15) is 10.7 Å². The Kier molecular flexibility index (Phi) is 6.84. The summed E-state index contributed by atoms with van der Waals surface area (Å²) in [5.41, 5.74) is 2.72. The molecule has 0 atom stereocenters. The Morgan fingerprint density at radius 3 is 2.58 bits per heavy atom. The normalized spacial score (nSPS) is 14.8. The second kappa shape index (κ2) is 9.94. The molecule has 1 fully saturated rings. The fourth-order valence-corrected chi connectivity index (χ4v) is 4.60. The molecule has 0 spiro atoms. The second-order valence-electron chi connectivity index (χ2n) is 7.52. The highest BCUT2D eigenvalue weighted by Crippen LogP contribution is 2.33. The molecular weight excluding hydrogens is 410 g/mol. The predicted molar refractivity (Wildman–Crippen MR) is 123 cm³/mol. The van der Waals surface area contributed by atoms with Gasteiger partial charge in [-0.3, -0.25) is 9.69 Å². The maximum Gasteiger partial charge on any atom is 0.273 e. The van der Waals surface area contributed by atoms with Crippen molar-refractivity contribution in [1.82, 2.24) is 14.8 Å². The van der Waals surface area contributed by atoms with Gasteiger partial charge < -0.3 is 14.4 Å². The van der Waals surface area contributed by atoms with E-state index in [4.69, 9.17) is 9.47 Å². The van der Waals surface area contributed by atoms with E-state index < -0.39 is 0 Å². The van der Waals surface area contributed by atoms with Gasteiger partial charge in [0.05, 0.1) is 14.2 Å². The maximum atomic E-state index is 13.1. The minimum Gasteiger partial charge on any atom is -0.493 e. The summed E-state index contributed by atoms with van der Waals surface area (Å²) in [4.78, 5) is 22.1. The van der Waals surface area contributed by atoms with Crippen molar-refractivity contribution in [3.05, 3.63) is 65.2 Å². The number of rotatable bonds is 6. The van der Waals surface area contributed by atoms with E-state index >= 15 is 0 Å². The first-order valence-electron chi connectivity index (χ1n) is 10.4. The van der Waals surface area contributed by atoms with E-state index in [1.54, 1.807) is 14.2 Å². The van der Waals surface area contributed by atoms with Crippen LogP contribution in [0.25, 0.3) is 10.6 Å². The molecule has 0 radical (unpaired) electrons. The van der Waals surface area contributed by atoms with Gasteiger partial charge in [0.2, 0.25) is 0 Å². The monoisotopic (exact) mass is 437 g/mol. The molecule has 31 heavy (non-hydrogen) atoms. The first kappa shape index (κ1) is 21.3. The first-order chi connectivity index (χ1) is 15.2. The number of thiazole rings is 1. The number of nitrogens with zero attached hydrogens (tertiary/aromatic N) is 3. The number of benzene rings is 2. The van der Waals surface area contributed by atoms with Gasteiger partial charge in [-0.1, -0.05) is 30.3 Å². The average Bonchev–Trinajstić information content (AvgIpc) is 3.19. The topological polar surface area (TPSA) is 54.9 Å². The fourth-order valence-electron chi connectivity index (χ4n) is 3.81. The van der Waals surface area contributed by atoms with Crippen molar-refractivity contribution in [1.29, 1.82) is 0 Å². The van der Waals surface area contributed by atoms with Gasteiger partial charge in [-0.05, 0) is 30.2 Å². The molecule has 0 aliphatic carbocycles. The summed E-state index contributed by atoms with van der Waals surface area (Å²) in [5.74, 6) is 1.32. The molecule has 1 aliphatic rings. The third kappa shape index (κ3) is 5.06. The summed E-state index contributed by atoms with van der Waals surface area (Å²) in [7, 11) is 3.22. The number of amides is 1. The predicted octanol–water partition coefficient (Wildman–Crippen LogP) is 4.18. The minimum atomic E-state index is 0.00420. The molecule has 1 aromatic heterocycles. The van der Waals surface area contributed by atoms with Crippen molar-refractivity contribution in [2.24, 2.45) is 0 Å². The van der Waals surface area contributed by atoms with E-state index in [0.717, 1.165) is 49.7 Å². The zero-order valence-electron chi connectivity index (χ0n) is 17.9. The largest absolute Gasteiger partial charge is 0.493 e. The lowest BCUT2D eigenvalue weighted by atomic mass is 10.2. The quantitative estimate of drug-likeness (QED) is 0.579. The Morgan fingerprint density at radius 2 is 1.81 bits per heavy atom. The molecule has 3 aromatic rings. The third-order valence-electron chi connectivity index (χ3n) is 5.48. The van der Waals surface area contributed by atoms with Crippen LogP contribution in [0.3, 0.4) is 0 Å². The van der Waals surface area contributed by atoms with E-state index in [9.17, 15) is 4.79 Å². The third-order valence-corrected chi connectivity index (χ3v) is 6.37. The average molecular weight is 438 g/mol. The van der Waals surface area contributed by atoms with Crippen molar-refractivity contribution in [3.63, 3.8) is 0 Å². The van der Waals surface area contributed by atoms with Gasteiger partial charge in [0, 0.05) is 43.7 Å². The summed E-state index contributed by atoms with van der Waals surface area (Å²) >= 11 is 1.47. The Labute approximate surface area is 187 Å². The van der Waals surface area contributed by atoms with Crippen molar-refractivity contribution < 1.29 is 14.3 Å². The molecule has 4 rings (SSSR count). The number of methoxy groups -OCH3 is 2. The molecule has 1 aliphatic heterocycles. The zero-order chi connectivity index (χ0) is 21.6. The van der Waals surface area contributed by atoms with E-state index in [-0.39, 0.29) is 5.91 Å². The van der Waals surface area contributed by atoms with E-state index in [2.05, 4.69) is 34.1 Å². The lowest BCUT2D eigenvalue weighted by molar-refractivity contribution is 0.0756. The number of carbonyl (C=O) groups is 1. The smallest absolute Gasteiger partial charge is 0.273 e. The van der Waals surface area contributed by atoms with Gasteiger partial charge in [-0.15, -0.1) is 11.3 Å². The molecule has 6 nitrogen and oxygen atoms in total. The molecule has 162 valence electrons. The maximum absolute atomic E-state index is 13.1. The Bertz CT molecular complexity index is 1020. The number of ether oxygens (including phenoxy) is 2. The molecule has 0 unspecified atom stereocenters. The van der Waals surface area contributed by atoms with Crippen LogP contribution in [0.5, 0.6) is 11.5 Å². The summed E-state index contributed by atoms with van der Waals surface area (Å²) < 4.78 is 10.7. The molecule has 2 aromatic carbocycles. The molecule has 0 saturated carbocycles. The van der Waals surface area contributed by atoms with Crippen molar-refractivity contribution in [2.45, 2.75) is 13.0 Å². The van der Waals surface area contributed by atoms with E-state index in [1.807, 2.05) is 34.5 Å². The lowest BCUT2D eigenvalue weighted by Gasteiger charge is -2.21. The Hall–Kier alpha value is -2.90. The zero-order valence-corrected chi connectivity index (χ0v) is 18.7. The molecule has 0 N–H and O–H groups in total. The van der Waals surface area contributed by atoms with Crippen LogP contribution in [-0.2, 0) is 6.54 Å². The molecule has 0 bridgehead atoms. The first-order valence-corrected chi connectivity index (χ1v) is 11.3. The van der Waals surface area contributed by atoms with E-state index in [1.165, 1.54) is 16.9 Å². The SMILES string of the molecule is COc1ccc(-c2nc(C(=O)N3CCCN(Cc4ccccc4)CC3)cs2)cc1OC. The van der Waals surface area contributed by atoms with Crippen LogP contribution in [0, 0.1) is 0 Å². The van der Waals surface area contributed by atoms with Crippen LogP contribution in [-0.4, -0.2) is 61.1 Å². The van der Waals surface area contributed by atoms with Gasteiger partial charge >= 0.3 is 0 Å². The molecule has 1 saturated heterocycles. The van der Waals surface area contributed by atoms with E-state index in [0.29, 0.717) is 17.2 Å². The molecule has 2 heterocycles. The van der Waals surface area contributed by atoms with Crippen LogP contribution in [0.2, 0.25) is 0 Å². The summed E-state index contributed by atoms with van der Waals surface area (Å²) in [5, 5.41) is 2.64. The highest BCUT2D eigenvalue weighted by molar-refractivity contribution is 7.13. The summed E-state index contributed by atoms with van der Waals surface area (Å²) in [6.45, 7) is 4.26. The van der Waals surface area contributed by atoms with Gasteiger partial charge in [0.15, 0.2) is 11.5 Å². The van der Waals surface area contributed by atoms with Crippen molar-refractivity contribution >= 4 is 17.2 Å². The van der Waals surface area contributed by atoms with Crippen molar-refractivity contribution in [2.75, 3.05) is 40.4 Å². The van der Waals surface area contributed by atoms with Crippen molar-refractivity contribution in [3.8, 4) is 22.1 Å². The Balaban J connectivity index is 1.42. The standard InChI is InChI=1S/C24H27N3O3S/c1-29-21-10-9-19(15-22(21)30-2)23-25-20(17-31-23)24(28)27-12-6-11-26(13-14-27)16-18-7-4-3-5-8-18/h3-5,7-10,15,17H,6,11-14,16H2,1-2H3. The molecule has 7 heteroatoms. The molecule has 1 amide bonds. The summed E-state index contributed by atoms with van der Waals surface area (Å²) in [6, 6.07) is 16.2. The number of hydrogen-bond donors (Lipinski definition) is 0. The number of aromatic nitrogens is 1. The van der Waals surface area contributed by atoms with Crippen LogP contribution in [0.4, 0.5) is 0 Å². The lowest BCUT2D eigenvalue weighted by Crippen LogP contribution is -2.35. The summed E-state index contributed by atoms with van der Waals surface area (Å²) in [6.07, 6.45) is 0.964. The highest BCUT2D eigenvalue weighted by atomic mass is 32.1. The van der Waals surface area contributed by atoms with Crippen LogP contribution >= 0.6 is 11.3 Å². The van der Waals surface area contributed by atoms with Crippen LogP contribution in [0.15, 0.2) is 53.9 Å². The van der Waals surface area contributed by atoms with Gasteiger partial charge in [-0.2, -0.15) is 0 Å². The van der Waals surface area contributed by atoms with Gasteiger partial charge in [-0.25, -0.2) is 4.98 Å². The number of carbonyl (C=O) groups excluding carboxylic acids is 1. The van der Waals surface area contributed by atoms with Crippen LogP contribution in [0.1, 0.15) is 22.5 Å². The fraction of sp³-hybridized carbons (Fsp3) is 0.333. The van der Waals surface area contributed by atoms with Crippen LogP contribution < -0.4 is 9.47 Å². The Morgan fingerprint density at radius 1 is 1.00 bits per heavy atom. The van der Waals surface area contributed by atoms with Gasteiger partial charge in [0.25, 0.3) is 5.91 Å². The molecular formula is C24H27N3O3S. The second-order valence-corrected chi connectivity index (χ2v) is 8.37. The minimum absolute atomic E-state index is 0.00420. The highest BCUT2D eigenvalue weighted by Gasteiger charge is 2.23.